The van der Waals surface area contributed by atoms with Crippen molar-refractivity contribution in [3.05, 3.63) is 0 Å². The second kappa shape index (κ2) is 20.1. The van der Waals surface area contributed by atoms with Gasteiger partial charge in [-0.1, -0.05) is 25.7 Å². The van der Waals surface area contributed by atoms with E-state index in [0.29, 0.717) is 13.2 Å². The third-order valence-electron chi connectivity index (χ3n) is 1.57. The van der Waals surface area contributed by atoms with Crippen LogP contribution >= 0.6 is 0 Å². The van der Waals surface area contributed by atoms with Crippen molar-refractivity contribution in [3.63, 3.8) is 0 Å². The number of rotatable bonds is 7. The summed E-state index contributed by atoms with van der Waals surface area (Å²) >= 11 is 0. The van der Waals surface area contributed by atoms with E-state index in [-0.39, 0.29) is 27.8 Å². The van der Waals surface area contributed by atoms with Gasteiger partial charge in [0, 0.05) is 41.0 Å². The summed E-state index contributed by atoms with van der Waals surface area (Å²) in [5, 5.41) is 24.9. The Morgan fingerprint density at radius 1 is 0.733 bits per heavy atom. The van der Waals surface area contributed by atoms with E-state index in [1.807, 2.05) is 0 Å². The minimum absolute atomic E-state index is 0. The smallest absolute Gasteiger partial charge is 0.0483 e. The second-order valence-corrected chi connectivity index (χ2v) is 3.66. The van der Waals surface area contributed by atoms with E-state index >= 15 is 0 Å². The Kier molecular flexibility index (Phi) is 28.0. The van der Waals surface area contributed by atoms with Crippen molar-refractivity contribution in [1.82, 2.24) is 0 Å². The van der Waals surface area contributed by atoms with Crippen molar-refractivity contribution >= 4 is 0 Å². The average molecular weight is 254 g/mol. The van der Waals surface area contributed by atoms with Gasteiger partial charge in [0.2, 0.25) is 0 Å². The number of hydrogen-bond acceptors (Lipinski definition) is 3. The fourth-order valence-corrected chi connectivity index (χ4v) is 0.931. The van der Waals surface area contributed by atoms with E-state index in [0.717, 1.165) is 25.7 Å². The molecule has 0 heterocycles. The summed E-state index contributed by atoms with van der Waals surface area (Å²) in [6.07, 6.45) is 6.34. The van der Waals surface area contributed by atoms with E-state index in [4.69, 9.17) is 15.3 Å². The molecule has 0 amide bonds. The normalized spacial score (nSPS) is 9.20. The minimum atomic E-state index is -0.167. The molecule has 0 aliphatic rings. The van der Waals surface area contributed by atoms with Gasteiger partial charge in [0.05, 0.1) is 0 Å². The Morgan fingerprint density at radius 2 is 0.933 bits per heavy atom. The summed E-state index contributed by atoms with van der Waals surface area (Å²) in [6, 6.07) is 0. The predicted molar refractivity (Wildman–Crippen MR) is 59.2 cm³/mol. The zero-order valence-electron chi connectivity index (χ0n) is 10.1. The zero-order valence-corrected chi connectivity index (χ0v) is 11.6. The topological polar surface area (TPSA) is 60.7 Å². The van der Waals surface area contributed by atoms with Crippen LogP contribution in [-0.2, 0) is 21.7 Å². The molecule has 0 aromatic rings. The van der Waals surface area contributed by atoms with Gasteiger partial charge in [-0.25, -0.2) is 0 Å². The van der Waals surface area contributed by atoms with Crippen molar-refractivity contribution in [3.8, 4) is 0 Å². The van der Waals surface area contributed by atoms with Gasteiger partial charge in [-0.05, 0) is 26.7 Å². The average Bonchev–Trinajstić information content (AvgIpc) is 2.10. The van der Waals surface area contributed by atoms with E-state index in [2.05, 4.69) is 0 Å². The van der Waals surface area contributed by atoms with E-state index < -0.39 is 0 Å². The first-order valence-electron chi connectivity index (χ1n) is 5.55. The molecular formula is C11H26O3Ti. The van der Waals surface area contributed by atoms with Gasteiger partial charge in [-0.15, -0.1) is 0 Å². The van der Waals surface area contributed by atoms with Gasteiger partial charge in [0.1, 0.15) is 0 Å². The maximum atomic E-state index is 8.43. The van der Waals surface area contributed by atoms with Crippen LogP contribution in [-0.4, -0.2) is 34.6 Å². The molecule has 0 unspecified atom stereocenters. The number of unbranched alkanes of at least 4 members (excludes halogenated alkanes) is 5. The predicted octanol–water partition coefficient (Wildman–Crippen LogP) is 1.70. The Morgan fingerprint density at radius 3 is 1.13 bits per heavy atom. The molecule has 0 spiro atoms. The van der Waals surface area contributed by atoms with Crippen molar-refractivity contribution < 1.29 is 37.0 Å². The van der Waals surface area contributed by atoms with Gasteiger partial charge in [0.25, 0.3) is 0 Å². The molecule has 0 rings (SSSR count). The fourth-order valence-electron chi connectivity index (χ4n) is 0.931. The van der Waals surface area contributed by atoms with Crippen LogP contribution in [0, 0.1) is 0 Å². The summed E-state index contributed by atoms with van der Waals surface area (Å²) in [5.74, 6) is 0. The van der Waals surface area contributed by atoms with Crippen LogP contribution < -0.4 is 0 Å². The maximum Gasteiger partial charge on any atom is 0.0483 e. The molecule has 0 aromatic heterocycles. The first kappa shape index (κ1) is 20.9. The molecule has 92 valence electrons. The van der Waals surface area contributed by atoms with Crippen LogP contribution in [0.5, 0.6) is 0 Å². The quantitative estimate of drug-likeness (QED) is 0.478. The third-order valence-corrected chi connectivity index (χ3v) is 1.57. The molecular weight excluding hydrogens is 228 g/mol. The number of hydrogen-bond donors (Lipinski definition) is 3. The molecule has 3 N–H and O–H groups in total. The molecule has 4 heteroatoms. The molecule has 0 saturated heterocycles. The first-order chi connectivity index (χ1) is 6.65. The van der Waals surface area contributed by atoms with Gasteiger partial charge in [-0.3, -0.25) is 0 Å². The van der Waals surface area contributed by atoms with E-state index in [1.165, 1.54) is 12.8 Å². The first-order valence-corrected chi connectivity index (χ1v) is 5.55. The van der Waals surface area contributed by atoms with Crippen molar-refractivity contribution in [2.75, 3.05) is 13.2 Å². The van der Waals surface area contributed by atoms with Gasteiger partial charge < -0.3 is 15.3 Å². The van der Waals surface area contributed by atoms with Crippen molar-refractivity contribution in [1.29, 1.82) is 0 Å². The summed E-state index contributed by atoms with van der Waals surface area (Å²) < 4.78 is 0. The molecule has 3 nitrogen and oxygen atoms in total. The van der Waals surface area contributed by atoms with Gasteiger partial charge >= 0.3 is 0 Å². The molecule has 0 atom stereocenters. The molecule has 0 aliphatic heterocycles. The number of aliphatic hydroxyl groups excluding tert-OH is 3. The molecule has 0 radical (unpaired) electrons. The van der Waals surface area contributed by atoms with Crippen LogP contribution in [0.1, 0.15) is 52.4 Å². The van der Waals surface area contributed by atoms with Crippen molar-refractivity contribution in [2.45, 2.75) is 58.5 Å². The molecule has 0 aromatic carbocycles. The zero-order chi connectivity index (χ0) is 11.2. The maximum absolute atomic E-state index is 8.43. The Balaban J connectivity index is -0.000000249. The Bertz CT molecular complexity index is 79.1. The molecule has 0 fully saturated rings. The second-order valence-electron chi connectivity index (χ2n) is 3.66. The molecule has 0 aliphatic carbocycles. The van der Waals surface area contributed by atoms with Crippen LogP contribution in [0.15, 0.2) is 0 Å². The Labute approximate surface area is 109 Å². The van der Waals surface area contributed by atoms with Crippen LogP contribution in [0.2, 0.25) is 0 Å². The monoisotopic (exact) mass is 254 g/mol. The number of aliphatic hydroxyl groups is 3. The minimum Gasteiger partial charge on any atom is -0.396 e. The van der Waals surface area contributed by atoms with Crippen LogP contribution in [0.25, 0.3) is 0 Å². The molecule has 0 saturated carbocycles. The van der Waals surface area contributed by atoms with Gasteiger partial charge in [-0.2, -0.15) is 0 Å². The standard InChI is InChI=1S/C8H18O2.C3H8O.Ti/c9-7-5-3-1-2-4-6-8-10;1-3(2)4;/h9-10H,1-8H2;3-4H,1-2H3;. The Hall–Kier alpha value is 0.594. The van der Waals surface area contributed by atoms with E-state index in [1.54, 1.807) is 13.8 Å². The summed E-state index contributed by atoms with van der Waals surface area (Å²) in [4.78, 5) is 0. The third kappa shape index (κ3) is 40.1. The summed E-state index contributed by atoms with van der Waals surface area (Å²) in [5.41, 5.74) is 0. The SMILES string of the molecule is CC(C)O.OCCCCCCCCO.[Ti]. The van der Waals surface area contributed by atoms with Crippen molar-refractivity contribution in [2.24, 2.45) is 0 Å². The fraction of sp³-hybridized carbons (Fsp3) is 1.00. The molecule has 15 heavy (non-hydrogen) atoms. The van der Waals surface area contributed by atoms with Crippen LogP contribution in [0.4, 0.5) is 0 Å². The summed E-state index contributed by atoms with van der Waals surface area (Å²) in [7, 11) is 0. The largest absolute Gasteiger partial charge is 0.396 e. The van der Waals surface area contributed by atoms with Gasteiger partial charge in [0.15, 0.2) is 0 Å². The van der Waals surface area contributed by atoms with E-state index in [9.17, 15) is 0 Å². The van der Waals surface area contributed by atoms with Crippen LogP contribution in [0.3, 0.4) is 0 Å². The molecule has 0 bridgehead atoms. The summed E-state index contributed by atoms with van der Waals surface area (Å²) in [6.45, 7) is 4.08.